The summed E-state index contributed by atoms with van der Waals surface area (Å²) in [5.41, 5.74) is 5.95. The largest absolute Gasteiger partial charge is 0.494 e. The average Bonchev–Trinajstić information content (AvgIpc) is 3.31. The Hall–Kier alpha value is -2.66. The summed E-state index contributed by atoms with van der Waals surface area (Å²) in [5.74, 6) is 0.716. The van der Waals surface area contributed by atoms with Crippen LogP contribution < -0.4 is 14.6 Å². The molecule has 0 saturated heterocycles. The summed E-state index contributed by atoms with van der Waals surface area (Å²) in [7, 11) is 0. The van der Waals surface area contributed by atoms with Crippen molar-refractivity contribution in [1.82, 2.24) is 0 Å². The molecular formula is C32H45N2O2S+. The van der Waals surface area contributed by atoms with Gasteiger partial charge >= 0.3 is 0 Å². The summed E-state index contributed by atoms with van der Waals surface area (Å²) in [4.78, 5) is 12.7. The predicted molar refractivity (Wildman–Crippen MR) is 156 cm³/mol. The van der Waals surface area contributed by atoms with Crippen molar-refractivity contribution in [2.24, 2.45) is 0 Å². The van der Waals surface area contributed by atoms with E-state index >= 15 is 0 Å². The lowest BCUT2D eigenvalue weighted by atomic mass is 10.1. The Labute approximate surface area is 228 Å². The van der Waals surface area contributed by atoms with E-state index in [-0.39, 0.29) is 5.91 Å². The molecule has 0 aliphatic heterocycles. The summed E-state index contributed by atoms with van der Waals surface area (Å²) in [6.07, 6.45) is 16.1. The molecule has 0 fully saturated rings. The van der Waals surface area contributed by atoms with Crippen LogP contribution in [0.5, 0.6) is 5.75 Å². The third-order valence-electron chi connectivity index (χ3n) is 6.80. The third-order valence-corrected chi connectivity index (χ3v) is 7.65. The van der Waals surface area contributed by atoms with Crippen LogP contribution >= 0.6 is 11.3 Å². The minimum absolute atomic E-state index is 0.107. The molecule has 3 rings (SSSR count). The first kappa shape index (κ1) is 28.9. The molecule has 1 N–H and O–H groups in total. The van der Waals surface area contributed by atoms with E-state index in [1.54, 1.807) is 11.3 Å². The van der Waals surface area contributed by atoms with E-state index in [1.165, 1.54) is 76.3 Å². The fourth-order valence-corrected chi connectivity index (χ4v) is 5.28. The third kappa shape index (κ3) is 11.1. The second-order valence-electron chi connectivity index (χ2n) is 10.0. The highest BCUT2D eigenvalue weighted by atomic mass is 32.1. The molecule has 1 amide bonds. The van der Waals surface area contributed by atoms with Crippen molar-refractivity contribution in [3.05, 3.63) is 76.2 Å². The second kappa shape index (κ2) is 17.0. The van der Waals surface area contributed by atoms with Crippen molar-refractivity contribution in [1.29, 1.82) is 0 Å². The minimum atomic E-state index is -0.107. The van der Waals surface area contributed by atoms with Gasteiger partial charge in [0, 0.05) is 23.7 Å². The van der Waals surface area contributed by atoms with Gasteiger partial charge in [0.15, 0.2) is 12.2 Å². The summed E-state index contributed by atoms with van der Waals surface area (Å²) in [6, 6.07) is 15.5. The van der Waals surface area contributed by atoms with Gasteiger partial charge in [-0.2, -0.15) is 4.57 Å². The summed E-state index contributed by atoms with van der Waals surface area (Å²) >= 11 is 1.69. The van der Waals surface area contributed by atoms with Crippen LogP contribution in [-0.4, -0.2) is 12.5 Å². The molecule has 0 atom stereocenters. The molecule has 1 heterocycles. The first-order chi connectivity index (χ1) is 18.2. The number of carbonyl (C=O) groups excluding carboxylic acids is 1. The Balaban J connectivity index is 1.29. The number of unbranched alkanes of at least 4 members (excludes halogenated alkanes) is 11. The van der Waals surface area contributed by atoms with Crippen molar-refractivity contribution < 1.29 is 14.1 Å². The van der Waals surface area contributed by atoms with Crippen LogP contribution in [0.2, 0.25) is 0 Å². The first-order valence-electron chi connectivity index (χ1n) is 14.2. The van der Waals surface area contributed by atoms with Gasteiger partial charge in [-0.15, -0.1) is 0 Å². The maximum Gasteiger partial charge on any atom is 0.255 e. The predicted octanol–water partition coefficient (Wildman–Crippen LogP) is 8.72. The van der Waals surface area contributed by atoms with Crippen molar-refractivity contribution >= 4 is 22.9 Å². The zero-order valence-electron chi connectivity index (χ0n) is 22.8. The number of rotatable bonds is 18. The van der Waals surface area contributed by atoms with Gasteiger partial charge in [-0.3, -0.25) is 4.79 Å². The van der Waals surface area contributed by atoms with Gasteiger partial charge in [-0.25, -0.2) is 0 Å². The fourth-order valence-electron chi connectivity index (χ4n) is 4.50. The topological polar surface area (TPSA) is 42.2 Å². The van der Waals surface area contributed by atoms with Crippen LogP contribution in [0.4, 0.5) is 5.69 Å². The van der Waals surface area contributed by atoms with E-state index in [9.17, 15) is 4.79 Å². The highest BCUT2D eigenvalue weighted by Gasteiger charge is 2.10. The van der Waals surface area contributed by atoms with Crippen LogP contribution in [0.15, 0.2) is 59.4 Å². The van der Waals surface area contributed by atoms with E-state index in [2.05, 4.69) is 40.7 Å². The van der Waals surface area contributed by atoms with Gasteiger partial charge in [-0.05, 0) is 42.8 Å². The number of benzene rings is 2. The quantitative estimate of drug-likeness (QED) is 0.134. The van der Waals surface area contributed by atoms with E-state index in [1.807, 2.05) is 42.5 Å². The zero-order chi connectivity index (χ0) is 26.1. The lowest BCUT2D eigenvalue weighted by Gasteiger charge is -2.09. The van der Waals surface area contributed by atoms with Crippen LogP contribution in [0.1, 0.15) is 106 Å². The molecule has 0 aliphatic rings. The normalized spacial score (nSPS) is 11.0. The number of hydrogen-bond acceptors (Lipinski definition) is 3. The number of aromatic nitrogens is 1. The van der Waals surface area contributed by atoms with Crippen molar-refractivity contribution in [2.45, 2.75) is 97.4 Å². The molecule has 3 aromatic rings. The van der Waals surface area contributed by atoms with Crippen LogP contribution in [-0.2, 0) is 6.54 Å². The number of thiazole rings is 1. The van der Waals surface area contributed by atoms with E-state index < -0.39 is 0 Å². The summed E-state index contributed by atoms with van der Waals surface area (Å²) in [6.45, 7) is 5.91. The SMILES string of the molecule is CCCCCCCCCCCCCCOc1ccc(C(=O)Nc2cccc(C[n+]3cscc3C)c2)cc1. The number of nitrogens with one attached hydrogen (secondary N) is 1. The number of anilines is 1. The Bertz CT molecular complexity index is 1040. The lowest BCUT2D eigenvalue weighted by molar-refractivity contribution is -0.689. The molecule has 0 bridgehead atoms. The Morgan fingerprint density at radius 3 is 2.14 bits per heavy atom. The maximum absolute atomic E-state index is 12.7. The Kier molecular flexibility index (Phi) is 13.3. The number of carbonyl (C=O) groups is 1. The van der Waals surface area contributed by atoms with Crippen molar-refractivity contribution in [3.8, 4) is 5.75 Å². The molecule has 4 nitrogen and oxygen atoms in total. The molecule has 0 aliphatic carbocycles. The van der Waals surface area contributed by atoms with Gasteiger partial charge in [0.25, 0.3) is 5.91 Å². The van der Waals surface area contributed by atoms with Gasteiger partial charge in [0.2, 0.25) is 5.51 Å². The molecule has 2 aromatic carbocycles. The summed E-state index contributed by atoms with van der Waals surface area (Å²) < 4.78 is 8.10. The number of amides is 1. The van der Waals surface area contributed by atoms with Gasteiger partial charge in [-0.1, -0.05) is 101 Å². The van der Waals surface area contributed by atoms with E-state index in [0.717, 1.165) is 36.6 Å². The number of aryl methyl sites for hydroxylation is 1. The standard InChI is InChI=1S/C32H44N2O2S/c1-3-4-5-6-7-8-9-10-11-12-13-14-22-36-31-20-18-29(19-21-31)32(35)33-30-17-15-16-28(23-30)24-34-26-37-25-27(34)2/h15-21,23,25-26H,3-14,22,24H2,1-2H3/p+1. The minimum Gasteiger partial charge on any atom is -0.494 e. The van der Waals surface area contributed by atoms with Gasteiger partial charge < -0.3 is 10.1 Å². The molecule has 37 heavy (non-hydrogen) atoms. The molecule has 200 valence electrons. The van der Waals surface area contributed by atoms with Crippen molar-refractivity contribution in [3.63, 3.8) is 0 Å². The van der Waals surface area contributed by atoms with Gasteiger partial charge in [0.05, 0.1) is 12.0 Å². The highest BCUT2D eigenvalue weighted by molar-refractivity contribution is 7.07. The zero-order valence-corrected chi connectivity index (χ0v) is 23.7. The van der Waals surface area contributed by atoms with E-state index in [4.69, 9.17) is 4.74 Å². The first-order valence-corrected chi connectivity index (χ1v) is 15.2. The van der Waals surface area contributed by atoms with Gasteiger partial charge in [0.1, 0.15) is 5.75 Å². The Morgan fingerprint density at radius 1 is 0.865 bits per heavy atom. The molecule has 0 saturated carbocycles. The molecule has 0 radical (unpaired) electrons. The lowest BCUT2D eigenvalue weighted by Crippen LogP contribution is -2.34. The molecule has 5 heteroatoms. The van der Waals surface area contributed by atoms with Crippen molar-refractivity contribution in [2.75, 3.05) is 11.9 Å². The smallest absolute Gasteiger partial charge is 0.255 e. The highest BCUT2D eigenvalue weighted by Crippen LogP contribution is 2.17. The molecule has 1 aromatic heterocycles. The molecule has 0 unspecified atom stereocenters. The molecular weight excluding hydrogens is 476 g/mol. The average molecular weight is 522 g/mol. The monoisotopic (exact) mass is 521 g/mol. The second-order valence-corrected chi connectivity index (χ2v) is 10.8. The van der Waals surface area contributed by atoms with E-state index in [0.29, 0.717) is 5.56 Å². The number of ether oxygens (including phenoxy) is 1. The van der Waals surface area contributed by atoms with Crippen LogP contribution in [0, 0.1) is 6.92 Å². The number of hydrogen-bond donors (Lipinski definition) is 1. The Morgan fingerprint density at radius 2 is 1.51 bits per heavy atom. The number of nitrogens with zero attached hydrogens (tertiary/aromatic N) is 1. The van der Waals surface area contributed by atoms with Crippen LogP contribution in [0.25, 0.3) is 0 Å². The van der Waals surface area contributed by atoms with Crippen LogP contribution in [0.3, 0.4) is 0 Å². The maximum atomic E-state index is 12.7. The fraction of sp³-hybridized carbons (Fsp3) is 0.500. The summed E-state index contributed by atoms with van der Waals surface area (Å²) in [5, 5.41) is 5.16. The molecule has 0 spiro atoms.